The first-order valence-corrected chi connectivity index (χ1v) is 10.4. The summed E-state index contributed by atoms with van der Waals surface area (Å²) in [5, 5.41) is 3.61. The normalized spacial score (nSPS) is 20.7. The van der Waals surface area contributed by atoms with Crippen LogP contribution in [0.1, 0.15) is 34.7 Å². The van der Waals surface area contributed by atoms with Crippen molar-refractivity contribution in [1.29, 1.82) is 0 Å². The van der Waals surface area contributed by atoms with E-state index in [0.717, 1.165) is 18.4 Å². The lowest BCUT2D eigenvalue weighted by atomic mass is 9.87. The van der Waals surface area contributed by atoms with Gasteiger partial charge in [-0.05, 0) is 37.1 Å². The second kappa shape index (κ2) is 8.56. The third-order valence-electron chi connectivity index (χ3n) is 5.78. The Morgan fingerprint density at radius 1 is 1.07 bits per heavy atom. The molecular weight excluding hydrogens is 404 g/mol. The van der Waals surface area contributed by atoms with Crippen molar-refractivity contribution in [3.63, 3.8) is 0 Å². The number of carbonyl (C=O) groups is 2. The Morgan fingerprint density at radius 2 is 1.87 bits per heavy atom. The van der Waals surface area contributed by atoms with Gasteiger partial charge in [-0.1, -0.05) is 23.7 Å². The lowest BCUT2D eigenvalue weighted by molar-refractivity contribution is -0.125. The van der Waals surface area contributed by atoms with Crippen molar-refractivity contribution in [1.82, 2.24) is 10.2 Å². The van der Waals surface area contributed by atoms with Gasteiger partial charge in [0, 0.05) is 47.3 Å². The number of methoxy groups -OCH3 is 2. The molecule has 1 N–H and O–H groups in total. The number of benzene rings is 2. The molecule has 1 saturated carbocycles. The Hall–Kier alpha value is -2.73. The van der Waals surface area contributed by atoms with Crippen molar-refractivity contribution < 1.29 is 19.1 Å². The summed E-state index contributed by atoms with van der Waals surface area (Å²) >= 11 is 6.07. The molecule has 0 spiro atoms. The fraction of sp³-hybridized carbons (Fsp3) is 0.391. The summed E-state index contributed by atoms with van der Waals surface area (Å²) in [6.45, 7) is 0.778. The Bertz CT molecular complexity index is 960. The van der Waals surface area contributed by atoms with Gasteiger partial charge in [-0.2, -0.15) is 0 Å². The predicted molar refractivity (Wildman–Crippen MR) is 114 cm³/mol. The fourth-order valence-electron chi connectivity index (χ4n) is 4.02. The molecule has 4 rings (SSSR count). The number of halogens is 1. The molecule has 2 aliphatic rings. The lowest BCUT2D eigenvalue weighted by Gasteiger charge is -2.21. The van der Waals surface area contributed by atoms with Crippen LogP contribution in [0.5, 0.6) is 11.5 Å². The zero-order chi connectivity index (χ0) is 21.3. The minimum absolute atomic E-state index is 0.0123. The second-order valence-corrected chi connectivity index (χ2v) is 8.26. The van der Waals surface area contributed by atoms with Crippen LogP contribution in [0.2, 0.25) is 5.02 Å². The lowest BCUT2D eigenvalue weighted by Crippen LogP contribution is -2.36. The molecule has 0 bridgehead atoms. The van der Waals surface area contributed by atoms with E-state index in [1.807, 2.05) is 18.2 Å². The van der Waals surface area contributed by atoms with Gasteiger partial charge < -0.3 is 19.7 Å². The number of likely N-dealkylation sites (tertiary alicyclic amines) is 1. The molecule has 2 fully saturated rings. The molecule has 2 amide bonds. The number of hydrogen-bond acceptors (Lipinski definition) is 4. The van der Waals surface area contributed by atoms with E-state index >= 15 is 0 Å². The Kier molecular flexibility index (Phi) is 5.86. The third-order valence-corrected chi connectivity index (χ3v) is 6.01. The highest BCUT2D eigenvalue weighted by molar-refractivity contribution is 6.30. The molecule has 0 aromatic heterocycles. The molecule has 1 heterocycles. The summed E-state index contributed by atoms with van der Waals surface area (Å²) in [6.07, 6.45) is 2.03. The van der Waals surface area contributed by atoms with E-state index in [4.69, 9.17) is 21.1 Å². The average Bonchev–Trinajstić information content (AvgIpc) is 3.46. The number of nitrogens with one attached hydrogen (secondary N) is 1. The largest absolute Gasteiger partial charge is 0.497 e. The molecule has 2 aromatic rings. The molecule has 1 aliphatic heterocycles. The summed E-state index contributed by atoms with van der Waals surface area (Å²) < 4.78 is 10.9. The molecule has 7 heteroatoms. The van der Waals surface area contributed by atoms with Crippen LogP contribution >= 0.6 is 11.6 Å². The van der Waals surface area contributed by atoms with E-state index in [-0.39, 0.29) is 29.7 Å². The van der Waals surface area contributed by atoms with Gasteiger partial charge in [0.1, 0.15) is 11.5 Å². The molecule has 2 aromatic carbocycles. The van der Waals surface area contributed by atoms with E-state index in [1.165, 1.54) is 0 Å². The maximum atomic E-state index is 13.1. The summed E-state index contributed by atoms with van der Waals surface area (Å²) in [5.74, 6) is 0.669. The van der Waals surface area contributed by atoms with Crippen molar-refractivity contribution in [2.75, 3.05) is 27.3 Å². The van der Waals surface area contributed by atoms with Gasteiger partial charge in [-0.15, -0.1) is 0 Å². The van der Waals surface area contributed by atoms with Crippen LogP contribution in [0.3, 0.4) is 0 Å². The van der Waals surface area contributed by atoms with E-state index in [0.29, 0.717) is 35.2 Å². The molecule has 6 nitrogen and oxygen atoms in total. The van der Waals surface area contributed by atoms with Crippen LogP contribution < -0.4 is 14.8 Å². The van der Waals surface area contributed by atoms with E-state index < -0.39 is 0 Å². The molecule has 0 unspecified atom stereocenters. The number of nitrogens with zero attached hydrogens (tertiary/aromatic N) is 1. The molecule has 1 aliphatic carbocycles. The summed E-state index contributed by atoms with van der Waals surface area (Å²) in [7, 11) is 3.20. The number of carbonyl (C=O) groups excluding carboxylic acids is 2. The van der Waals surface area contributed by atoms with Gasteiger partial charge in [0.15, 0.2) is 0 Å². The smallest absolute Gasteiger partial charge is 0.253 e. The van der Waals surface area contributed by atoms with E-state index in [2.05, 4.69) is 5.32 Å². The van der Waals surface area contributed by atoms with Gasteiger partial charge in [-0.25, -0.2) is 0 Å². The van der Waals surface area contributed by atoms with Crippen LogP contribution in [0, 0.1) is 5.92 Å². The van der Waals surface area contributed by atoms with Crippen molar-refractivity contribution in [3.05, 3.63) is 58.6 Å². The SMILES string of the molecule is COc1ccc([C@@H]2CN(C(=O)c3cccc(Cl)c3)C[C@@H]2C(=O)NC2CC2)c(OC)c1. The second-order valence-electron chi connectivity index (χ2n) is 7.82. The van der Waals surface area contributed by atoms with Crippen molar-refractivity contribution in [2.45, 2.75) is 24.8 Å². The zero-order valence-electron chi connectivity index (χ0n) is 17.1. The Balaban J connectivity index is 1.64. The van der Waals surface area contributed by atoms with Crippen LogP contribution in [0.4, 0.5) is 0 Å². The van der Waals surface area contributed by atoms with Crippen molar-refractivity contribution in [2.24, 2.45) is 5.92 Å². The highest BCUT2D eigenvalue weighted by Crippen LogP contribution is 2.40. The number of rotatable bonds is 6. The van der Waals surface area contributed by atoms with Gasteiger partial charge in [0.2, 0.25) is 5.91 Å². The van der Waals surface area contributed by atoms with Gasteiger partial charge >= 0.3 is 0 Å². The van der Waals surface area contributed by atoms with Crippen LogP contribution in [0.15, 0.2) is 42.5 Å². The van der Waals surface area contributed by atoms with E-state index in [1.54, 1.807) is 43.4 Å². The maximum Gasteiger partial charge on any atom is 0.253 e. The Labute approximate surface area is 181 Å². The standard InChI is InChI=1S/C23H25ClN2O4/c1-29-17-8-9-18(21(11-17)30-2)19-12-26(13-20(19)22(27)25-16-6-7-16)23(28)14-4-3-5-15(24)10-14/h3-5,8-11,16,19-20H,6-7,12-13H2,1-2H3,(H,25,27)/t19-,20-/m0/s1. The highest BCUT2D eigenvalue weighted by Gasteiger charge is 2.43. The average molecular weight is 429 g/mol. The van der Waals surface area contributed by atoms with E-state index in [9.17, 15) is 9.59 Å². The molecule has 158 valence electrons. The number of hydrogen-bond donors (Lipinski definition) is 1. The Morgan fingerprint density at radius 3 is 2.53 bits per heavy atom. The molecule has 0 radical (unpaired) electrons. The third kappa shape index (κ3) is 4.24. The van der Waals surface area contributed by atoms with Crippen molar-refractivity contribution >= 4 is 23.4 Å². The first kappa shape index (κ1) is 20.5. The molecule has 30 heavy (non-hydrogen) atoms. The summed E-state index contributed by atoms with van der Waals surface area (Å²) in [4.78, 5) is 27.9. The minimum atomic E-state index is -0.351. The molecule has 2 atom stereocenters. The highest BCUT2D eigenvalue weighted by atomic mass is 35.5. The predicted octanol–water partition coefficient (Wildman–Crippen LogP) is 3.49. The zero-order valence-corrected chi connectivity index (χ0v) is 17.8. The number of amides is 2. The summed E-state index contributed by atoms with van der Waals surface area (Å²) in [6, 6.07) is 12.7. The van der Waals surface area contributed by atoms with Crippen molar-refractivity contribution in [3.8, 4) is 11.5 Å². The van der Waals surface area contributed by atoms with Gasteiger partial charge in [0.05, 0.1) is 20.1 Å². The van der Waals surface area contributed by atoms with Crippen LogP contribution in [0.25, 0.3) is 0 Å². The quantitative estimate of drug-likeness (QED) is 0.764. The molecule has 1 saturated heterocycles. The van der Waals surface area contributed by atoms with Gasteiger partial charge in [0.25, 0.3) is 5.91 Å². The van der Waals surface area contributed by atoms with Gasteiger partial charge in [-0.3, -0.25) is 9.59 Å². The van der Waals surface area contributed by atoms with Crippen LogP contribution in [-0.4, -0.2) is 50.1 Å². The monoisotopic (exact) mass is 428 g/mol. The topological polar surface area (TPSA) is 67.9 Å². The fourth-order valence-corrected chi connectivity index (χ4v) is 4.21. The minimum Gasteiger partial charge on any atom is -0.497 e. The first-order valence-electron chi connectivity index (χ1n) is 10.1. The van der Waals surface area contributed by atoms with Crippen LogP contribution in [-0.2, 0) is 4.79 Å². The molecular formula is C23H25ClN2O4. The maximum absolute atomic E-state index is 13.1. The first-order chi connectivity index (χ1) is 14.5. The number of ether oxygens (including phenoxy) is 2. The summed E-state index contributed by atoms with van der Waals surface area (Å²) in [5.41, 5.74) is 1.42.